The predicted octanol–water partition coefficient (Wildman–Crippen LogP) is 4.15. The molecule has 2 bridgehead atoms. The number of carbonyl (C=O) groups excluding carboxylic acids is 1. The summed E-state index contributed by atoms with van der Waals surface area (Å²) >= 11 is 3.41. The topological polar surface area (TPSA) is 32.3 Å². The maximum absolute atomic E-state index is 12.3. The quantitative estimate of drug-likeness (QED) is 0.873. The lowest BCUT2D eigenvalue weighted by Gasteiger charge is -2.50. The van der Waals surface area contributed by atoms with Gasteiger partial charge in [0.05, 0.1) is 6.54 Å². The molecule has 1 aliphatic heterocycles. The van der Waals surface area contributed by atoms with Crippen molar-refractivity contribution in [2.45, 2.75) is 33.6 Å². The monoisotopic (exact) mass is 364 g/mol. The fourth-order valence-corrected chi connectivity index (χ4v) is 4.46. The third-order valence-corrected chi connectivity index (χ3v) is 6.70. The number of nitrogens with one attached hydrogen (secondary N) is 1. The summed E-state index contributed by atoms with van der Waals surface area (Å²) in [6, 6.07) is 7.74. The molecular weight excluding hydrogens is 340 g/mol. The average molecular weight is 365 g/mol. The number of likely N-dealkylation sites (tertiary alicyclic amines) is 1. The maximum atomic E-state index is 12.3. The molecule has 1 amide bonds. The van der Waals surface area contributed by atoms with Crippen LogP contribution < -0.4 is 5.32 Å². The number of rotatable bonds is 3. The molecular formula is C18H25BrN2O. The van der Waals surface area contributed by atoms with Crippen molar-refractivity contribution < 1.29 is 4.79 Å². The molecule has 1 N–H and O–H groups in total. The molecule has 0 spiro atoms. The van der Waals surface area contributed by atoms with Crippen LogP contribution in [0.25, 0.3) is 0 Å². The van der Waals surface area contributed by atoms with Gasteiger partial charge in [-0.2, -0.15) is 0 Å². The highest BCUT2D eigenvalue weighted by Gasteiger charge is 2.55. The van der Waals surface area contributed by atoms with Gasteiger partial charge in [0.1, 0.15) is 0 Å². The third-order valence-electron chi connectivity index (χ3n) is 6.17. The van der Waals surface area contributed by atoms with Crippen LogP contribution in [-0.4, -0.2) is 30.4 Å². The summed E-state index contributed by atoms with van der Waals surface area (Å²) in [5.74, 6) is 0.803. The van der Waals surface area contributed by atoms with Gasteiger partial charge >= 0.3 is 0 Å². The van der Waals surface area contributed by atoms with Crippen molar-refractivity contribution in [3.05, 3.63) is 28.7 Å². The van der Waals surface area contributed by atoms with E-state index in [0.29, 0.717) is 23.3 Å². The molecule has 3 nitrogen and oxygen atoms in total. The summed E-state index contributed by atoms with van der Waals surface area (Å²) in [6.07, 6.45) is 2.59. The summed E-state index contributed by atoms with van der Waals surface area (Å²) in [4.78, 5) is 14.6. The van der Waals surface area contributed by atoms with E-state index < -0.39 is 0 Å². The van der Waals surface area contributed by atoms with Gasteiger partial charge in [0.25, 0.3) is 0 Å². The third kappa shape index (κ3) is 2.83. The lowest BCUT2D eigenvalue weighted by Crippen LogP contribution is -2.53. The van der Waals surface area contributed by atoms with Crippen LogP contribution >= 0.6 is 15.9 Å². The van der Waals surface area contributed by atoms with E-state index >= 15 is 0 Å². The first-order valence-corrected chi connectivity index (χ1v) is 8.87. The van der Waals surface area contributed by atoms with Crippen molar-refractivity contribution in [3.63, 3.8) is 0 Å². The summed E-state index contributed by atoms with van der Waals surface area (Å²) in [5, 5.41) is 3.00. The Labute approximate surface area is 141 Å². The van der Waals surface area contributed by atoms with Gasteiger partial charge in [-0.15, -0.1) is 0 Å². The van der Waals surface area contributed by atoms with Crippen molar-refractivity contribution in [2.75, 3.05) is 25.0 Å². The highest BCUT2D eigenvalue weighted by Crippen LogP contribution is 2.58. The molecule has 3 rings (SSSR count). The van der Waals surface area contributed by atoms with Crippen LogP contribution in [0.2, 0.25) is 0 Å². The van der Waals surface area contributed by atoms with Crippen LogP contribution in [0.5, 0.6) is 0 Å². The zero-order valence-electron chi connectivity index (χ0n) is 13.7. The summed E-state index contributed by atoms with van der Waals surface area (Å²) in [6.45, 7) is 9.79. The van der Waals surface area contributed by atoms with Gasteiger partial charge in [-0.25, -0.2) is 0 Å². The minimum absolute atomic E-state index is 0.0880. The number of hydrogen-bond donors (Lipinski definition) is 1. The molecule has 1 saturated heterocycles. The Bertz CT molecular complexity index is 569. The Kier molecular flexibility index (Phi) is 4.11. The molecule has 2 fully saturated rings. The molecule has 1 aromatic rings. The molecule has 1 heterocycles. The lowest BCUT2D eigenvalue weighted by atomic mass is 9.63. The van der Waals surface area contributed by atoms with Gasteiger partial charge < -0.3 is 5.32 Å². The molecule has 0 radical (unpaired) electrons. The molecule has 4 heteroatoms. The van der Waals surface area contributed by atoms with Crippen LogP contribution in [0.1, 0.15) is 33.6 Å². The van der Waals surface area contributed by atoms with Gasteiger partial charge in [0.2, 0.25) is 5.91 Å². The predicted molar refractivity (Wildman–Crippen MR) is 93.8 cm³/mol. The van der Waals surface area contributed by atoms with Gasteiger partial charge in [0, 0.05) is 23.2 Å². The molecule has 2 aliphatic rings. The van der Waals surface area contributed by atoms with Crippen LogP contribution in [-0.2, 0) is 4.79 Å². The van der Waals surface area contributed by atoms with Gasteiger partial charge in [0.15, 0.2) is 0 Å². The smallest absolute Gasteiger partial charge is 0.238 e. The minimum atomic E-state index is 0.0880. The number of halogens is 1. The maximum Gasteiger partial charge on any atom is 0.238 e. The molecule has 1 aliphatic carbocycles. The Morgan fingerprint density at radius 2 is 2.00 bits per heavy atom. The first-order chi connectivity index (χ1) is 10.3. The van der Waals surface area contributed by atoms with Crippen molar-refractivity contribution in [1.29, 1.82) is 0 Å². The second-order valence-electron chi connectivity index (χ2n) is 7.74. The zero-order valence-corrected chi connectivity index (χ0v) is 15.2. The standard InChI is InChI=1S/C18H25BrN2O/c1-17(2)13-8-9-18(17,3)12-21(10-13)11-16(22)20-15-6-4-14(19)5-7-15/h4-7,13H,8-12H2,1-3H3,(H,20,22)/t13-,18+/m1/s1. The van der Waals surface area contributed by atoms with E-state index in [0.717, 1.165) is 23.2 Å². The van der Waals surface area contributed by atoms with E-state index in [1.807, 2.05) is 24.3 Å². The second-order valence-corrected chi connectivity index (χ2v) is 8.66. The fraction of sp³-hybridized carbons (Fsp3) is 0.611. The van der Waals surface area contributed by atoms with Crippen molar-refractivity contribution in [3.8, 4) is 0 Å². The van der Waals surface area contributed by atoms with Crippen molar-refractivity contribution in [2.24, 2.45) is 16.7 Å². The first-order valence-electron chi connectivity index (χ1n) is 8.08. The average Bonchev–Trinajstić information content (AvgIpc) is 2.59. The molecule has 1 saturated carbocycles. The van der Waals surface area contributed by atoms with Gasteiger partial charge in [-0.1, -0.05) is 36.7 Å². The normalized spacial score (nSPS) is 30.3. The number of anilines is 1. The molecule has 120 valence electrons. The van der Waals surface area contributed by atoms with Gasteiger partial charge in [-0.05, 0) is 53.9 Å². The Hall–Kier alpha value is -0.870. The highest BCUT2D eigenvalue weighted by atomic mass is 79.9. The fourth-order valence-electron chi connectivity index (χ4n) is 4.20. The number of carbonyl (C=O) groups is 1. The molecule has 22 heavy (non-hydrogen) atoms. The Balaban J connectivity index is 1.60. The molecule has 1 aromatic carbocycles. The van der Waals surface area contributed by atoms with E-state index in [1.54, 1.807) is 0 Å². The van der Waals surface area contributed by atoms with Crippen LogP contribution in [0.3, 0.4) is 0 Å². The number of benzene rings is 1. The lowest BCUT2D eigenvalue weighted by molar-refractivity contribution is -0.119. The van der Waals surface area contributed by atoms with Crippen LogP contribution in [0.4, 0.5) is 5.69 Å². The molecule has 0 unspecified atom stereocenters. The number of amides is 1. The number of fused-ring (bicyclic) bond motifs is 2. The van der Waals surface area contributed by atoms with Gasteiger partial charge in [-0.3, -0.25) is 9.69 Å². The summed E-state index contributed by atoms with van der Waals surface area (Å²) in [7, 11) is 0. The minimum Gasteiger partial charge on any atom is -0.325 e. The largest absolute Gasteiger partial charge is 0.325 e. The van der Waals surface area contributed by atoms with Crippen molar-refractivity contribution in [1.82, 2.24) is 4.90 Å². The van der Waals surface area contributed by atoms with Crippen LogP contribution in [0, 0.1) is 16.7 Å². The molecule has 2 atom stereocenters. The molecule has 0 aromatic heterocycles. The summed E-state index contributed by atoms with van der Waals surface area (Å²) in [5.41, 5.74) is 1.60. The first kappa shape index (κ1) is 16.0. The van der Waals surface area contributed by atoms with E-state index in [9.17, 15) is 4.79 Å². The Morgan fingerprint density at radius 1 is 1.32 bits per heavy atom. The van der Waals surface area contributed by atoms with Crippen molar-refractivity contribution >= 4 is 27.5 Å². The number of nitrogens with zero attached hydrogens (tertiary/aromatic N) is 1. The number of piperidine rings is 1. The second kappa shape index (κ2) is 5.64. The van der Waals surface area contributed by atoms with Crippen LogP contribution in [0.15, 0.2) is 28.7 Å². The zero-order chi connectivity index (χ0) is 16.0. The SMILES string of the molecule is CC1(C)[C@@H]2CC[C@@]1(C)CN(CC(=O)Nc1ccc(Br)cc1)C2. The van der Waals surface area contributed by atoms with E-state index in [2.05, 4.69) is 46.9 Å². The Morgan fingerprint density at radius 3 is 2.64 bits per heavy atom. The summed E-state index contributed by atoms with van der Waals surface area (Å²) < 4.78 is 1.02. The highest BCUT2D eigenvalue weighted by molar-refractivity contribution is 9.10. The van der Waals surface area contributed by atoms with E-state index in [4.69, 9.17) is 0 Å². The number of hydrogen-bond acceptors (Lipinski definition) is 2. The van der Waals surface area contributed by atoms with E-state index in [1.165, 1.54) is 12.8 Å². The van der Waals surface area contributed by atoms with E-state index in [-0.39, 0.29) is 5.91 Å².